The summed E-state index contributed by atoms with van der Waals surface area (Å²) < 4.78 is 4.60. The molecule has 0 aliphatic carbocycles. The molecule has 2 aromatic rings. The third-order valence-corrected chi connectivity index (χ3v) is 3.13. The number of rotatable bonds is 4. The minimum Gasteiger partial charge on any atom is -0.508 e. The van der Waals surface area contributed by atoms with Crippen LogP contribution in [0.4, 0.5) is 0 Å². The maximum atomic E-state index is 11.2. The molecule has 20 heavy (non-hydrogen) atoms. The number of aromatic hydroxyl groups is 1. The van der Waals surface area contributed by atoms with Gasteiger partial charge in [0.15, 0.2) is 0 Å². The van der Waals surface area contributed by atoms with Crippen LogP contribution >= 0.6 is 0 Å². The predicted molar refractivity (Wildman–Crippen MR) is 77.1 cm³/mol. The Balaban J connectivity index is 2.16. The van der Waals surface area contributed by atoms with Crippen LogP contribution in [0.25, 0.3) is 11.1 Å². The summed E-state index contributed by atoms with van der Waals surface area (Å²) in [6.45, 7) is 0. The van der Waals surface area contributed by atoms with Crippen LogP contribution in [0.2, 0.25) is 0 Å². The van der Waals surface area contributed by atoms with E-state index in [-0.39, 0.29) is 24.2 Å². The van der Waals surface area contributed by atoms with E-state index in [4.69, 9.17) is 5.73 Å². The molecule has 0 heterocycles. The number of phenolic OH excluding ortho intramolecular Hbond substituents is 1. The zero-order chi connectivity index (χ0) is 14.5. The molecule has 0 bridgehead atoms. The van der Waals surface area contributed by atoms with Gasteiger partial charge in [-0.2, -0.15) is 0 Å². The van der Waals surface area contributed by atoms with Gasteiger partial charge in [0.05, 0.1) is 13.5 Å². The summed E-state index contributed by atoms with van der Waals surface area (Å²) in [7, 11) is 1.35. The largest absolute Gasteiger partial charge is 0.508 e. The highest BCUT2D eigenvalue weighted by Crippen LogP contribution is 2.25. The van der Waals surface area contributed by atoms with Crippen LogP contribution in [0, 0.1) is 0 Å². The third kappa shape index (κ3) is 3.36. The molecular weight excluding hydrogens is 254 g/mol. The summed E-state index contributed by atoms with van der Waals surface area (Å²) in [4.78, 5) is 11.2. The number of methoxy groups -OCH3 is 1. The number of carbonyl (C=O) groups excluding carboxylic acids is 1. The molecular formula is C16H17NO3. The normalized spacial score (nSPS) is 11.9. The van der Waals surface area contributed by atoms with Crippen LogP contribution < -0.4 is 5.73 Å². The van der Waals surface area contributed by atoms with Gasteiger partial charge in [0, 0.05) is 6.04 Å². The molecule has 0 aliphatic rings. The predicted octanol–water partition coefficient (Wildman–Crippen LogP) is 2.62. The van der Waals surface area contributed by atoms with Gasteiger partial charge in [-0.05, 0) is 28.8 Å². The summed E-state index contributed by atoms with van der Waals surface area (Å²) in [6.07, 6.45) is 0.155. The van der Waals surface area contributed by atoms with Crippen molar-refractivity contribution < 1.29 is 14.6 Å². The fourth-order valence-corrected chi connectivity index (χ4v) is 1.99. The number of benzene rings is 2. The molecule has 104 valence electrons. The summed E-state index contributed by atoms with van der Waals surface area (Å²) in [5, 5.41) is 9.47. The fraction of sp³-hybridized carbons (Fsp3) is 0.188. The van der Waals surface area contributed by atoms with Crippen molar-refractivity contribution in [2.24, 2.45) is 5.73 Å². The summed E-state index contributed by atoms with van der Waals surface area (Å²) in [5.74, 6) is -0.0940. The number of hydrogen-bond donors (Lipinski definition) is 2. The van der Waals surface area contributed by atoms with Crippen molar-refractivity contribution in [3.63, 3.8) is 0 Å². The molecule has 2 aromatic carbocycles. The van der Waals surface area contributed by atoms with Crippen molar-refractivity contribution in [3.05, 3.63) is 54.1 Å². The molecule has 1 atom stereocenters. The van der Waals surface area contributed by atoms with Crippen molar-refractivity contribution in [2.45, 2.75) is 12.5 Å². The lowest BCUT2D eigenvalue weighted by atomic mass is 9.99. The molecule has 0 fully saturated rings. The van der Waals surface area contributed by atoms with E-state index in [0.29, 0.717) is 0 Å². The molecule has 4 heteroatoms. The Morgan fingerprint density at radius 3 is 2.50 bits per heavy atom. The Morgan fingerprint density at radius 2 is 1.90 bits per heavy atom. The standard InChI is InChI=1S/C16H17NO3/c1-20-16(19)10-15(17)12-7-5-11(6-8-12)13-3-2-4-14(18)9-13/h2-9,15,18H,10,17H2,1H3. The lowest BCUT2D eigenvalue weighted by Gasteiger charge is -2.11. The Bertz CT molecular complexity index is 593. The van der Waals surface area contributed by atoms with Crippen molar-refractivity contribution >= 4 is 5.97 Å². The second-order valence-corrected chi connectivity index (χ2v) is 4.56. The molecule has 1 unspecified atom stereocenters. The highest BCUT2D eigenvalue weighted by molar-refractivity contribution is 5.70. The molecule has 0 aliphatic heterocycles. The van der Waals surface area contributed by atoms with E-state index < -0.39 is 0 Å². The van der Waals surface area contributed by atoms with Crippen molar-refractivity contribution in [3.8, 4) is 16.9 Å². The zero-order valence-electron chi connectivity index (χ0n) is 11.2. The van der Waals surface area contributed by atoms with E-state index in [1.165, 1.54) is 7.11 Å². The van der Waals surface area contributed by atoms with Crippen LogP contribution in [-0.4, -0.2) is 18.2 Å². The van der Waals surface area contributed by atoms with E-state index in [1.54, 1.807) is 18.2 Å². The molecule has 3 N–H and O–H groups in total. The lowest BCUT2D eigenvalue weighted by Crippen LogP contribution is -2.16. The van der Waals surface area contributed by atoms with E-state index in [1.807, 2.05) is 30.3 Å². The smallest absolute Gasteiger partial charge is 0.307 e. The molecule has 0 amide bonds. The maximum absolute atomic E-state index is 11.2. The molecule has 4 nitrogen and oxygen atoms in total. The third-order valence-electron chi connectivity index (χ3n) is 3.13. The Morgan fingerprint density at radius 1 is 1.20 bits per heavy atom. The number of hydrogen-bond acceptors (Lipinski definition) is 4. The summed E-state index contributed by atoms with van der Waals surface area (Å²) in [5.41, 5.74) is 8.73. The van der Waals surface area contributed by atoms with Gasteiger partial charge in [0.2, 0.25) is 0 Å². The van der Waals surface area contributed by atoms with Gasteiger partial charge in [0.25, 0.3) is 0 Å². The molecule has 0 aromatic heterocycles. The average Bonchev–Trinajstić information content (AvgIpc) is 2.47. The molecule has 0 spiro atoms. The van der Waals surface area contributed by atoms with Crippen LogP contribution in [-0.2, 0) is 9.53 Å². The number of ether oxygens (including phenoxy) is 1. The summed E-state index contributed by atoms with van der Waals surface area (Å²) >= 11 is 0. The van der Waals surface area contributed by atoms with Gasteiger partial charge in [-0.1, -0.05) is 36.4 Å². The number of nitrogens with two attached hydrogens (primary N) is 1. The van der Waals surface area contributed by atoms with E-state index in [0.717, 1.165) is 16.7 Å². The SMILES string of the molecule is COC(=O)CC(N)c1ccc(-c2cccc(O)c2)cc1. The molecule has 0 saturated carbocycles. The highest BCUT2D eigenvalue weighted by Gasteiger charge is 2.11. The average molecular weight is 271 g/mol. The zero-order valence-corrected chi connectivity index (χ0v) is 11.2. The van der Waals surface area contributed by atoms with E-state index >= 15 is 0 Å². The number of phenols is 1. The Labute approximate surface area is 117 Å². The monoisotopic (exact) mass is 271 g/mol. The van der Waals surface area contributed by atoms with Crippen LogP contribution in [0.5, 0.6) is 5.75 Å². The van der Waals surface area contributed by atoms with Gasteiger partial charge in [-0.25, -0.2) is 0 Å². The number of esters is 1. The van der Waals surface area contributed by atoms with E-state index in [2.05, 4.69) is 4.74 Å². The highest BCUT2D eigenvalue weighted by atomic mass is 16.5. The quantitative estimate of drug-likeness (QED) is 0.838. The Hall–Kier alpha value is -2.33. The first-order chi connectivity index (χ1) is 9.60. The molecule has 0 radical (unpaired) electrons. The lowest BCUT2D eigenvalue weighted by molar-refractivity contribution is -0.141. The fourth-order valence-electron chi connectivity index (χ4n) is 1.99. The van der Waals surface area contributed by atoms with Crippen molar-refractivity contribution in [1.29, 1.82) is 0 Å². The minimum absolute atomic E-state index is 0.155. The van der Waals surface area contributed by atoms with Crippen LogP contribution in [0.3, 0.4) is 0 Å². The molecule has 2 rings (SSSR count). The van der Waals surface area contributed by atoms with Crippen LogP contribution in [0.15, 0.2) is 48.5 Å². The summed E-state index contributed by atoms with van der Waals surface area (Å²) in [6, 6.07) is 14.3. The second kappa shape index (κ2) is 6.21. The first-order valence-electron chi connectivity index (χ1n) is 6.32. The first-order valence-corrected chi connectivity index (χ1v) is 6.32. The minimum atomic E-state index is -0.374. The van der Waals surface area contributed by atoms with Gasteiger partial charge < -0.3 is 15.6 Å². The second-order valence-electron chi connectivity index (χ2n) is 4.56. The van der Waals surface area contributed by atoms with Crippen molar-refractivity contribution in [1.82, 2.24) is 0 Å². The van der Waals surface area contributed by atoms with E-state index in [9.17, 15) is 9.90 Å². The maximum Gasteiger partial charge on any atom is 0.307 e. The van der Waals surface area contributed by atoms with Gasteiger partial charge in [-0.3, -0.25) is 4.79 Å². The Kier molecular flexibility index (Phi) is 4.38. The first kappa shape index (κ1) is 14.1. The van der Waals surface area contributed by atoms with Gasteiger partial charge in [-0.15, -0.1) is 0 Å². The van der Waals surface area contributed by atoms with Crippen LogP contribution in [0.1, 0.15) is 18.0 Å². The topological polar surface area (TPSA) is 72.5 Å². The number of carbonyl (C=O) groups is 1. The van der Waals surface area contributed by atoms with Gasteiger partial charge in [0.1, 0.15) is 5.75 Å². The van der Waals surface area contributed by atoms with Gasteiger partial charge >= 0.3 is 5.97 Å². The van der Waals surface area contributed by atoms with Crippen molar-refractivity contribution in [2.75, 3.05) is 7.11 Å². The molecule has 0 saturated heterocycles.